The smallest absolute Gasteiger partial charge is 0.273 e. The van der Waals surface area contributed by atoms with Gasteiger partial charge in [0.25, 0.3) is 5.91 Å². The van der Waals surface area contributed by atoms with Crippen molar-refractivity contribution < 1.29 is 9.53 Å². The van der Waals surface area contributed by atoms with Crippen LogP contribution in [0.1, 0.15) is 28.2 Å². The van der Waals surface area contributed by atoms with Crippen LogP contribution in [0.15, 0.2) is 24.3 Å². The molecule has 0 unspecified atom stereocenters. The molecule has 1 aromatic carbocycles. The molecule has 5 nitrogen and oxygen atoms in total. The first kappa shape index (κ1) is 16.4. The fourth-order valence-corrected chi connectivity index (χ4v) is 2.38. The van der Waals surface area contributed by atoms with E-state index in [1.807, 2.05) is 31.2 Å². The Kier molecular flexibility index (Phi) is 5.44. The summed E-state index contributed by atoms with van der Waals surface area (Å²) in [7, 11) is 3.42. The zero-order valence-corrected chi connectivity index (χ0v) is 13.8. The molecular formula is C16H20ClN3O2. The summed E-state index contributed by atoms with van der Waals surface area (Å²) in [5.74, 6) is 0.608. The average molecular weight is 322 g/mol. The van der Waals surface area contributed by atoms with Crippen LogP contribution >= 0.6 is 11.6 Å². The second-order valence-electron chi connectivity index (χ2n) is 5.08. The number of amides is 1. The summed E-state index contributed by atoms with van der Waals surface area (Å²) < 4.78 is 6.79. The van der Waals surface area contributed by atoms with Gasteiger partial charge < -0.3 is 10.1 Å². The summed E-state index contributed by atoms with van der Waals surface area (Å²) in [5.41, 5.74) is 2.24. The summed E-state index contributed by atoms with van der Waals surface area (Å²) in [5, 5.41) is 7.38. The van der Waals surface area contributed by atoms with Crippen molar-refractivity contribution in [2.75, 3.05) is 13.7 Å². The van der Waals surface area contributed by atoms with E-state index in [9.17, 15) is 4.79 Å². The highest BCUT2D eigenvalue weighted by molar-refractivity contribution is 6.34. The first-order valence-corrected chi connectivity index (χ1v) is 7.51. The Hall–Kier alpha value is -2.01. The quantitative estimate of drug-likeness (QED) is 0.832. The van der Waals surface area contributed by atoms with Gasteiger partial charge in [-0.15, -0.1) is 0 Å². The maximum Gasteiger partial charge on any atom is 0.273 e. The van der Waals surface area contributed by atoms with E-state index in [0.717, 1.165) is 24.3 Å². The Morgan fingerprint density at radius 2 is 2.23 bits per heavy atom. The van der Waals surface area contributed by atoms with Gasteiger partial charge in [0.05, 0.1) is 17.8 Å². The van der Waals surface area contributed by atoms with Gasteiger partial charge in [0.15, 0.2) is 5.69 Å². The van der Waals surface area contributed by atoms with Crippen LogP contribution in [0.5, 0.6) is 5.75 Å². The van der Waals surface area contributed by atoms with E-state index in [2.05, 4.69) is 10.4 Å². The molecule has 22 heavy (non-hydrogen) atoms. The fourth-order valence-electron chi connectivity index (χ4n) is 2.13. The summed E-state index contributed by atoms with van der Waals surface area (Å²) in [6.07, 6.45) is 1.70. The van der Waals surface area contributed by atoms with Crippen LogP contribution in [0.3, 0.4) is 0 Å². The Labute approximate surface area is 135 Å². The van der Waals surface area contributed by atoms with E-state index in [1.165, 1.54) is 5.56 Å². The molecule has 0 bridgehead atoms. The largest absolute Gasteiger partial charge is 0.497 e. The van der Waals surface area contributed by atoms with E-state index < -0.39 is 0 Å². The SMILES string of the molecule is COc1cccc(CCCNC(=O)c2nn(C)c(C)c2Cl)c1. The van der Waals surface area contributed by atoms with Crippen LogP contribution in [-0.4, -0.2) is 29.3 Å². The van der Waals surface area contributed by atoms with E-state index in [1.54, 1.807) is 18.8 Å². The van der Waals surface area contributed by atoms with Crippen LogP contribution in [0.2, 0.25) is 5.02 Å². The number of nitrogens with one attached hydrogen (secondary N) is 1. The lowest BCUT2D eigenvalue weighted by Gasteiger charge is -2.06. The van der Waals surface area contributed by atoms with Gasteiger partial charge in [-0.2, -0.15) is 5.10 Å². The predicted molar refractivity (Wildman–Crippen MR) is 86.6 cm³/mol. The summed E-state index contributed by atoms with van der Waals surface area (Å²) >= 11 is 6.09. The molecule has 118 valence electrons. The number of hydrogen-bond acceptors (Lipinski definition) is 3. The monoisotopic (exact) mass is 321 g/mol. The van der Waals surface area contributed by atoms with E-state index in [4.69, 9.17) is 16.3 Å². The van der Waals surface area contributed by atoms with Crippen LogP contribution in [0, 0.1) is 6.92 Å². The molecule has 0 aliphatic rings. The maximum atomic E-state index is 12.1. The highest BCUT2D eigenvalue weighted by Crippen LogP contribution is 2.19. The van der Waals surface area contributed by atoms with Gasteiger partial charge in [-0.25, -0.2) is 0 Å². The molecule has 0 spiro atoms. The maximum absolute atomic E-state index is 12.1. The van der Waals surface area contributed by atoms with Gasteiger partial charge in [-0.3, -0.25) is 9.48 Å². The van der Waals surface area contributed by atoms with Crippen molar-refractivity contribution in [2.45, 2.75) is 19.8 Å². The number of hydrogen-bond donors (Lipinski definition) is 1. The molecule has 6 heteroatoms. The molecule has 0 radical (unpaired) electrons. The van der Waals surface area contributed by atoms with Crippen LogP contribution in [0.4, 0.5) is 0 Å². The van der Waals surface area contributed by atoms with Crippen molar-refractivity contribution in [3.8, 4) is 5.75 Å². The van der Waals surface area contributed by atoms with E-state index >= 15 is 0 Å². The normalized spacial score (nSPS) is 10.5. The van der Waals surface area contributed by atoms with Crippen LogP contribution in [0.25, 0.3) is 0 Å². The minimum Gasteiger partial charge on any atom is -0.497 e. The Morgan fingerprint density at radius 1 is 1.45 bits per heavy atom. The highest BCUT2D eigenvalue weighted by Gasteiger charge is 2.17. The summed E-state index contributed by atoms with van der Waals surface area (Å²) in [4.78, 5) is 12.1. The molecule has 0 fully saturated rings. The Morgan fingerprint density at radius 3 is 2.86 bits per heavy atom. The fraction of sp³-hybridized carbons (Fsp3) is 0.375. The second kappa shape index (κ2) is 7.31. The van der Waals surface area contributed by atoms with E-state index in [-0.39, 0.29) is 11.6 Å². The number of carbonyl (C=O) groups excluding carboxylic acids is 1. The summed E-state index contributed by atoms with van der Waals surface area (Å²) in [6, 6.07) is 7.92. The lowest BCUT2D eigenvalue weighted by Crippen LogP contribution is -2.25. The van der Waals surface area contributed by atoms with Gasteiger partial charge in [0.2, 0.25) is 0 Å². The number of halogens is 1. The first-order chi connectivity index (χ1) is 10.5. The van der Waals surface area contributed by atoms with E-state index in [0.29, 0.717) is 11.6 Å². The molecule has 0 atom stereocenters. The Balaban J connectivity index is 1.83. The number of benzene rings is 1. The minimum absolute atomic E-state index is 0.237. The van der Waals surface area contributed by atoms with Crippen molar-refractivity contribution in [1.29, 1.82) is 0 Å². The van der Waals surface area contributed by atoms with Crippen molar-refractivity contribution in [2.24, 2.45) is 7.05 Å². The third kappa shape index (κ3) is 3.80. The third-order valence-electron chi connectivity index (χ3n) is 3.54. The predicted octanol–water partition coefficient (Wildman–Crippen LogP) is 2.75. The number of nitrogens with zero attached hydrogens (tertiary/aromatic N) is 2. The molecule has 2 aromatic rings. The van der Waals surface area contributed by atoms with Gasteiger partial charge in [0.1, 0.15) is 5.75 Å². The zero-order valence-electron chi connectivity index (χ0n) is 13.0. The minimum atomic E-state index is -0.237. The lowest BCUT2D eigenvalue weighted by molar-refractivity contribution is 0.0947. The highest BCUT2D eigenvalue weighted by atomic mass is 35.5. The number of ether oxygens (including phenoxy) is 1. The topological polar surface area (TPSA) is 56.1 Å². The number of aryl methyl sites for hydroxylation is 2. The number of rotatable bonds is 6. The molecule has 1 amide bonds. The van der Waals surface area contributed by atoms with Crippen LogP contribution < -0.4 is 10.1 Å². The Bertz CT molecular complexity index is 667. The molecule has 2 rings (SSSR count). The molecule has 1 aromatic heterocycles. The van der Waals surface area contributed by atoms with Crippen molar-refractivity contribution in [3.05, 3.63) is 46.2 Å². The third-order valence-corrected chi connectivity index (χ3v) is 3.99. The van der Waals surface area contributed by atoms with Crippen molar-refractivity contribution in [3.63, 3.8) is 0 Å². The molecule has 0 saturated carbocycles. The zero-order chi connectivity index (χ0) is 16.1. The van der Waals surface area contributed by atoms with Crippen molar-refractivity contribution in [1.82, 2.24) is 15.1 Å². The second-order valence-corrected chi connectivity index (χ2v) is 5.46. The van der Waals surface area contributed by atoms with Gasteiger partial charge in [0, 0.05) is 13.6 Å². The van der Waals surface area contributed by atoms with Gasteiger partial charge in [-0.1, -0.05) is 23.7 Å². The molecule has 0 saturated heterocycles. The number of methoxy groups -OCH3 is 1. The number of aromatic nitrogens is 2. The first-order valence-electron chi connectivity index (χ1n) is 7.13. The van der Waals surface area contributed by atoms with Gasteiger partial charge >= 0.3 is 0 Å². The van der Waals surface area contributed by atoms with Crippen molar-refractivity contribution >= 4 is 17.5 Å². The molecule has 1 N–H and O–H groups in total. The lowest BCUT2D eigenvalue weighted by atomic mass is 10.1. The summed E-state index contributed by atoms with van der Waals surface area (Å²) in [6.45, 7) is 2.40. The van der Waals surface area contributed by atoms with Gasteiger partial charge in [-0.05, 0) is 37.5 Å². The molecular weight excluding hydrogens is 302 g/mol. The standard InChI is InChI=1S/C16H20ClN3O2/c1-11-14(17)15(19-20(11)2)16(21)18-9-5-7-12-6-4-8-13(10-12)22-3/h4,6,8,10H,5,7,9H2,1-3H3,(H,18,21). The molecule has 1 heterocycles. The van der Waals surface area contributed by atoms with Crippen LogP contribution in [-0.2, 0) is 13.5 Å². The average Bonchev–Trinajstić information content (AvgIpc) is 2.79. The number of carbonyl (C=O) groups is 1. The molecule has 0 aliphatic heterocycles. The molecule has 0 aliphatic carbocycles.